The molecule has 1 aromatic rings. The van der Waals surface area contributed by atoms with Crippen molar-refractivity contribution in [3.05, 3.63) is 29.8 Å². The van der Waals surface area contributed by atoms with Gasteiger partial charge in [-0.15, -0.1) is 0 Å². The predicted molar refractivity (Wildman–Crippen MR) is 78.7 cm³/mol. The summed E-state index contributed by atoms with van der Waals surface area (Å²) in [5.74, 6) is 6.83. The molecule has 0 unspecified atom stereocenters. The van der Waals surface area contributed by atoms with Crippen LogP contribution in [-0.2, 0) is 0 Å². The molecule has 0 fully saturated rings. The van der Waals surface area contributed by atoms with Crippen molar-refractivity contribution in [2.45, 2.75) is 27.7 Å². The first kappa shape index (κ1) is 14.5. The van der Waals surface area contributed by atoms with E-state index in [2.05, 4.69) is 61.2 Å². The van der Waals surface area contributed by atoms with Crippen LogP contribution in [0.4, 0.5) is 5.69 Å². The fourth-order valence-corrected chi connectivity index (χ4v) is 1.73. The van der Waals surface area contributed by atoms with E-state index in [1.54, 1.807) is 0 Å². The highest BCUT2D eigenvalue weighted by Crippen LogP contribution is 2.15. The number of hydrogen-bond acceptors (Lipinski definition) is 2. The molecule has 0 atom stereocenters. The van der Waals surface area contributed by atoms with Crippen molar-refractivity contribution < 1.29 is 0 Å². The molecular formula is C14H24N4. The van der Waals surface area contributed by atoms with E-state index < -0.39 is 0 Å². The highest BCUT2D eigenvalue weighted by Gasteiger charge is 2.10. The van der Waals surface area contributed by atoms with Crippen LogP contribution in [0.25, 0.3) is 0 Å². The number of nitrogens with one attached hydrogen (secondary N) is 1. The molecule has 0 aliphatic carbocycles. The Morgan fingerprint density at radius 2 is 2.17 bits per heavy atom. The smallest absolute Gasteiger partial charge is 0.212 e. The van der Waals surface area contributed by atoms with Gasteiger partial charge in [-0.05, 0) is 37.5 Å². The van der Waals surface area contributed by atoms with Crippen molar-refractivity contribution in [1.82, 2.24) is 5.43 Å². The molecule has 0 aliphatic rings. The van der Waals surface area contributed by atoms with Gasteiger partial charge in [0.15, 0.2) is 0 Å². The zero-order valence-corrected chi connectivity index (χ0v) is 11.8. The van der Waals surface area contributed by atoms with E-state index in [1.165, 1.54) is 5.56 Å². The Morgan fingerprint density at radius 3 is 2.67 bits per heavy atom. The molecule has 18 heavy (non-hydrogen) atoms. The maximum absolute atomic E-state index is 5.59. The first-order chi connectivity index (χ1) is 8.58. The monoisotopic (exact) mass is 248 g/mol. The van der Waals surface area contributed by atoms with E-state index in [-0.39, 0.29) is 0 Å². The van der Waals surface area contributed by atoms with Crippen LogP contribution in [0.2, 0.25) is 0 Å². The van der Waals surface area contributed by atoms with Crippen LogP contribution in [0, 0.1) is 12.8 Å². The van der Waals surface area contributed by atoms with Crippen molar-refractivity contribution >= 4 is 11.6 Å². The minimum atomic E-state index is 0.518. The average Bonchev–Trinajstić information content (AvgIpc) is 2.34. The van der Waals surface area contributed by atoms with Gasteiger partial charge in [0.2, 0.25) is 5.96 Å². The molecule has 0 radical (unpaired) electrons. The second-order valence-electron chi connectivity index (χ2n) is 4.79. The molecule has 0 aliphatic heterocycles. The van der Waals surface area contributed by atoms with Gasteiger partial charge in [-0.25, -0.2) is 5.84 Å². The summed E-state index contributed by atoms with van der Waals surface area (Å²) in [7, 11) is 0. The van der Waals surface area contributed by atoms with Gasteiger partial charge >= 0.3 is 0 Å². The van der Waals surface area contributed by atoms with Gasteiger partial charge in [-0.3, -0.25) is 10.4 Å². The summed E-state index contributed by atoms with van der Waals surface area (Å²) < 4.78 is 0. The number of hydrogen-bond donors (Lipinski definition) is 2. The maximum Gasteiger partial charge on any atom is 0.212 e. The summed E-state index contributed by atoms with van der Waals surface area (Å²) in [4.78, 5) is 6.60. The van der Waals surface area contributed by atoms with Crippen LogP contribution in [0.1, 0.15) is 26.3 Å². The van der Waals surface area contributed by atoms with Gasteiger partial charge in [-0.2, -0.15) is 0 Å². The predicted octanol–water partition coefficient (Wildman–Crippen LogP) is 2.30. The third kappa shape index (κ3) is 4.04. The number of rotatable bonds is 4. The normalized spacial score (nSPS) is 11.8. The van der Waals surface area contributed by atoms with Crippen LogP contribution >= 0.6 is 0 Å². The number of guanidine groups is 1. The fourth-order valence-electron chi connectivity index (χ4n) is 1.73. The zero-order valence-electron chi connectivity index (χ0n) is 11.8. The summed E-state index contributed by atoms with van der Waals surface area (Å²) in [5, 5.41) is 0. The van der Waals surface area contributed by atoms with E-state index in [9.17, 15) is 0 Å². The third-order valence-corrected chi connectivity index (χ3v) is 2.62. The largest absolute Gasteiger partial charge is 0.312 e. The third-order valence-electron chi connectivity index (χ3n) is 2.62. The van der Waals surface area contributed by atoms with E-state index >= 15 is 0 Å². The van der Waals surface area contributed by atoms with E-state index in [1.807, 2.05) is 6.07 Å². The van der Waals surface area contributed by atoms with Gasteiger partial charge in [0, 0.05) is 18.8 Å². The van der Waals surface area contributed by atoms with Crippen LogP contribution in [0.5, 0.6) is 0 Å². The minimum Gasteiger partial charge on any atom is -0.312 e. The van der Waals surface area contributed by atoms with Crippen LogP contribution < -0.4 is 16.2 Å². The number of aliphatic imine (C=N–C) groups is 1. The number of benzene rings is 1. The lowest BCUT2D eigenvalue weighted by Crippen LogP contribution is -2.45. The van der Waals surface area contributed by atoms with Crippen molar-refractivity contribution in [2.75, 3.05) is 18.0 Å². The highest BCUT2D eigenvalue weighted by molar-refractivity contribution is 5.95. The lowest BCUT2D eigenvalue weighted by molar-refractivity contribution is 0.660. The molecule has 0 amide bonds. The quantitative estimate of drug-likeness (QED) is 0.372. The van der Waals surface area contributed by atoms with Gasteiger partial charge in [0.05, 0.1) is 0 Å². The molecule has 0 saturated carbocycles. The van der Waals surface area contributed by atoms with Crippen molar-refractivity contribution in [2.24, 2.45) is 16.8 Å². The number of hydrazine groups is 1. The standard InChI is InChI=1S/C14H24N4/c1-5-18(13-8-6-7-12(4)9-13)14(17-15)16-10-11(2)3/h6-9,11H,5,10,15H2,1-4H3,(H,16,17). The molecule has 4 nitrogen and oxygen atoms in total. The molecule has 0 saturated heterocycles. The Balaban J connectivity index is 2.96. The molecule has 3 N–H and O–H groups in total. The lowest BCUT2D eigenvalue weighted by Gasteiger charge is -2.24. The van der Waals surface area contributed by atoms with Crippen LogP contribution in [-0.4, -0.2) is 19.0 Å². The topological polar surface area (TPSA) is 53.6 Å². The molecule has 0 spiro atoms. The number of nitrogens with two attached hydrogens (primary N) is 1. The lowest BCUT2D eigenvalue weighted by atomic mass is 10.2. The number of nitrogens with zero attached hydrogens (tertiary/aromatic N) is 2. The van der Waals surface area contributed by atoms with Crippen molar-refractivity contribution in [1.29, 1.82) is 0 Å². The molecule has 0 heterocycles. The maximum atomic E-state index is 5.59. The molecule has 1 rings (SSSR count). The van der Waals surface area contributed by atoms with Crippen molar-refractivity contribution in [3.63, 3.8) is 0 Å². The van der Waals surface area contributed by atoms with Crippen molar-refractivity contribution in [3.8, 4) is 0 Å². The molecule has 100 valence electrons. The Hall–Kier alpha value is -1.55. The van der Waals surface area contributed by atoms with E-state index in [0.29, 0.717) is 5.92 Å². The summed E-state index contributed by atoms with van der Waals surface area (Å²) in [6.45, 7) is 10.0. The summed E-state index contributed by atoms with van der Waals surface area (Å²) in [5.41, 5.74) is 5.04. The summed E-state index contributed by atoms with van der Waals surface area (Å²) >= 11 is 0. The molecule has 1 aromatic carbocycles. The Labute approximate surface area is 110 Å². The second kappa shape index (κ2) is 7.01. The first-order valence-corrected chi connectivity index (χ1v) is 6.43. The molecule has 4 heteroatoms. The zero-order chi connectivity index (χ0) is 13.5. The highest BCUT2D eigenvalue weighted by atomic mass is 15.4. The fraction of sp³-hybridized carbons (Fsp3) is 0.500. The van der Waals surface area contributed by atoms with Crippen LogP contribution in [0.3, 0.4) is 0 Å². The summed E-state index contributed by atoms with van der Waals surface area (Å²) in [6.07, 6.45) is 0. The van der Waals surface area contributed by atoms with Gasteiger partial charge in [-0.1, -0.05) is 26.0 Å². The second-order valence-corrected chi connectivity index (χ2v) is 4.79. The first-order valence-electron chi connectivity index (χ1n) is 6.43. The Kier molecular flexibility index (Phi) is 5.65. The van der Waals surface area contributed by atoms with Crippen LogP contribution in [0.15, 0.2) is 29.3 Å². The Morgan fingerprint density at radius 1 is 1.44 bits per heavy atom. The van der Waals surface area contributed by atoms with Gasteiger partial charge < -0.3 is 4.90 Å². The minimum absolute atomic E-state index is 0.518. The van der Waals surface area contributed by atoms with E-state index in [4.69, 9.17) is 5.84 Å². The van der Waals surface area contributed by atoms with Gasteiger partial charge in [0.25, 0.3) is 0 Å². The number of anilines is 1. The molecule has 0 aromatic heterocycles. The average molecular weight is 248 g/mol. The Bertz CT molecular complexity index is 399. The van der Waals surface area contributed by atoms with Gasteiger partial charge in [0.1, 0.15) is 0 Å². The summed E-state index contributed by atoms with van der Waals surface area (Å²) in [6, 6.07) is 8.33. The molecule has 0 bridgehead atoms. The SMILES string of the molecule is CCN(C(=NCC(C)C)NN)c1cccc(C)c1. The van der Waals surface area contributed by atoms with E-state index in [0.717, 1.165) is 24.7 Å². The molecular weight excluding hydrogens is 224 g/mol. The number of aryl methyl sites for hydroxylation is 1.